The van der Waals surface area contributed by atoms with Gasteiger partial charge in [0.25, 0.3) is 0 Å². The third kappa shape index (κ3) is 4.86. The molecule has 38 heavy (non-hydrogen) atoms. The quantitative estimate of drug-likeness (QED) is 0.300. The third-order valence-electron chi connectivity index (χ3n) is 6.99. The van der Waals surface area contributed by atoms with Gasteiger partial charge < -0.3 is 16.8 Å². The highest BCUT2D eigenvalue weighted by Crippen LogP contribution is 2.41. The van der Waals surface area contributed by atoms with Crippen LogP contribution in [0.5, 0.6) is 0 Å². The lowest BCUT2D eigenvalue weighted by atomic mass is 9.88. The number of H-pyrrole nitrogens is 1. The smallest absolute Gasteiger partial charge is 0.382 e. The zero-order valence-corrected chi connectivity index (χ0v) is 20.5. The van der Waals surface area contributed by atoms with Crippen LogP contribution in [-0.2, 0) is 4.79 Å². The van der Waals surface area contributed by atoms with Crippen molar-refractivity contribution in [3.63, 3.8) is 0 Å². The van der Waals surface area contributed by atoms with Crippen molar-refractivity contribution in [1.82, 2.24) is 25.1 Å². The van der Waals surface area contributed by atoms with Crippen LogP contribution >= 0.6 is 0 Å². The van der Waals surface area contributed by atoms with Gasteiger partial charge in [0, 0.05) is 24.5 Å². The molecule has 198 valence electrons. The fourth-order valence-corrected chi connectivity index (χ4v) is 5.10. The van der Waals surface area contributed by atoms with Gasteiger partial charge in [0.15, 0.2) is 5.82 Å². The summed E-state index contributed by atoms with van der Waals surface area (Å²) in [6, 6.07) is 13.3. The molecular formula is C26H27F3N8O. The number of halogens is 3. The second kappa shape index (κ2) is 9.93. The Morgan fingerprint density at radius 3 is 2.58 bits per heavy atom. The number of nitrogens with one attached hydrogen (secondary N) is 2. The largest absolute Gasteiger partial charge is 0.404 e. The van der Waals surface area contributed by atoms with Crippen molar-refractivity contribution in [1.29, 1.82) is 0 Å². The predicted octanol–water partition coefficient (Wildman–Crippen LogP) is 3.86. The predicted molar refractivity (Wildman–Crippen MR) is 138 cm³/mol. The van der Waals surface area contributed by atoms with Gasteiger partial charge in [0.1, 0.15) is 6.04 Å². The van der Waals surface area contributed by atoms with Gasteiger partial charge in [-0.1, -0.05) is 36.4 Å². The average molecular weight is 525 g/mol. The van der Waals surface area contributed by atoms with Gasteiger partial charge in [-0.2, -0.15) is 18.3 Å². The molecule has 4 aromatic rings. The van der Waals surface area contributed by atoms with Crippen LogP contribution in [0.4, 0.5) is 24.9 Å². The average Bonchev–Trinajstić information content (AvgIpc) is 3.28. The second-order valence-corrected chi connectivity index (χ2v) is 9.36. The van der Waals surface area contributed by atoms with Crippen molar-refractivity contribution in [2.24, 2.45) is 11.7 Å². The number of aromatic nitrogens is 4. The summed E-state index contributed by atoms with van der Waals surface area (Å²) in [5.74, 6) is -0.719. The molecule has 5 rings (SSSR count). The maximum Gasteiger partial charge on any atom is 0.404 e. The van der Waals surface area contributed by atoms with Crippen LogP contribution in [0.25, 0.3) is 22.2 Å². The summed E-state index contributed by atoms with van der Waals surface area (Å²) in [4.78, 5) is 22.5. The molecule has 6 N–H and O–H groups in total. The number of alkyl halides is 3. The summed E-state index contributed by atoms with van der Waals surface area (Å²) in [5.41, 5.74) is 14.3. The van der Waals surface area contributed by atoms with Crippen LogP contribution in [0.1, 0.15) is 30.1 Å². The topological polar surface area (TPSA) is 139 Å². The summed E-state index contributed by atoms with van der Waals surface area (Å²) in [6.07, 6.45) is -4.68. The van der Waals surface area contributed by atoms with E-state index in [4.69, 9.17) is 11.5 Å². The molecule has 0 radical (unpaired) electrons. The molecule has 1 fully saturated rings. The normalized spacial score (nSPS) is 19.4. The highest BCUT2D eigenvalue weighted by atomic mass is 19.4. The Morgan fingerprint density at radius 1 is 1.13 bits per heavy atom. The molecule has 3 heterocycles. The zero-order chi connectivity index (χ0) is 27.0. The fourth-order valence-electron chi connectivity index (χ4n) is 5.10. The first-order valence-corrected chi connectivity index (χ1v) is 12.1. The summed E-state index contributed by atoms with van der Waals surface area (Å²) in [7, 11) is 1.64. The number of nitrogens with zero attached hydrogens (tertiary/aromatic N) is 4. The minimum Gasteiger partial charge on any atom is -0.382 e. The first-order valence-electron chi connectivity index (χ1n) is 12.1. The first-order chi connectivity index (χ1) is 18.2. The number of carbonyl (C=O) groups excluding carboxylic acids is 1. The molecule has 1 saturated heterocycles. The Hall–Kier alpha value is -4.19. The van der Waals surface area contributed by atoms with E-state index >= 15 is 0 Å². The van der Waals surface area contributed by atoms with Crippen LogP contribution in [0.3, 0.4) is 0 Å². The van der Waals surface area contributed by atoms with E-state index in [2.05, 4.69) is 25.5 Å². The number of carbonyl (C=O) groups is 1. The Labute approximate surface area is 216 Å². The number of piperidine rings is 1. The standard InChI is InChI=1S/C26H27F3N8O/c1-32-25-33-18(15-7-9-17-19(11-15)35-36-23(17)30)12-20(34-25)22(14-5-3-2-4-6-14)37-13-16(24(31)38)8-10-21(37)26(27,28)29/h2-7,9,11-12,16,21-22H,8,10,13H2,1H3,(H2,31,38)(H3,30,35,36)(H,32,33,34). The highest BCUT2D eigenvalue weighted by molar-refractivity contribution is 5.91. The number of anilines is 2. The van der Waals surface area contributed by atoms with E-state index in [1.165, 1.54) is 4.90 Å². The first kappa shape index (κ1) is 25.5. The van der Waals surface area contributed by atoms with E-state index in [1.807, 2.05) is 12.1 Å². The number of amides is 1. The molecule has 2 aromatic carbocycles. The highest BCUT2D eigenvalue weighted by Gasteiger charge is 2.50. The Balaban J connectivity index is 1.67. The minimum absolute atomic E-state index is 0.0711. The van der Waals surface area contributed by atoms with Gasteiger partial charge in [-0.25, -0.2) is 9.97 Å². The molecule has 1 aliphatic rings. The molecule has 0 spiro atoms. The van der Waals surface area contributed by atoms with Gasteiger partial charge in [0.2, 0.25) is 11.9 Å². The van der Waals surface area contributed by atoms with Crippen molar-refractivity contribution in [3.05, 3.63) is 65.9 Å². The second-order valence-electron chi connectivity index (χ2n) is 9.36. The van der Waals surface area contributed by atoms with Crippen LogP contribution in [-0.4, -0.2) is 56.8 Å². The van der Waals surface area contributed by atoms with Crippen LogP contribution in [0.2, 0.25) is 0 Å². The summed E-state index contributed by atoms with van der Waals surface area (Å²) >= 11 is 0. The maximum atomic E-state index is 14.3. The van der Waals surface area contributed by atoms with E-state index in [1.54, 1.807) is 49.5 Å². The molecule has 0 saturated carbocycles. The number of rotatable bonds is 6. The monoisotopic (exact) mass is 524 g/mol. The number of benzene rings is 2. The van der Waals surface area contributed by atoms with Crippen LogP contribution in [0.15, 0.2) is 54.6 Å². The lowest BCUT2D eigenvalue weighted by Crippen LogP contribution is -2.54. The van der Waals surface area contributed by atoms with E-state index < -0.39 is 30.1 Å². The van der Waals surface area contributed by atoms with Crippen molar-refractivity contribution in [2.45, 2.75) is 31.1 Å². The third-order valence-corrected chi connectivity index (χ3v) is 6.99. The minimum atomic E-state index is -4.51. The van der Waals surface area contributed by atoms with Crippen molar-refractivity contribution < 1.29 is 18.0 Å². The van der Waals surface area contributed by atoms with Gasteiger partial charge in [-0.3, -0.25) is 14.8 Å². The van der Waals surface area contributed by atoms with Crippen molar-refractivity contribution >= 4 is 28.6 Å². The number of nitrogen functional groups attached to an aromatic ring is 1. The molecule has 12 heteroatoms. The van der Waals surface area contributed by atoms with Gasteiger partial charge >= 0.3 is 6.18 Å². The molecule has 0 bridgehead atoms. The Kier molecular flexibility index (Phi) is 6.66. The van der Waals surface area contributed by atoms with E-state index in [-0.39, 0.29) is 25.3 Å². The molecule has 1 aliphatic heterocycles. The number of primary amides is 1. The molecule has 2 aromatic heterocycles. The van der Waals surface area contributed by atoms with Crippen molar-refractivity contribution in [2.75, 3.05) is 24.6 Å². The number of likely N-dealkylation sites (tertiary alicyclic amines) is 1. The molecule has 9 nitrogen and oxygen atoms in total. The number of fused-ring (bicyclic) bond motifs is 1. The van der Waals surface area contributed by atoms with Crippen LogP contribution in [0, 0.1) is 5.92 Å². The van der Waals surface area contributed by atoms with Gasteiger partial charge in [0.05, 0.1) is 28.9 Å². The Morgan fingerprint density at radius 2 is 1.89 bits per heavy atom. The lowest BCUT2D eigenvalue weighted by molar-refractivity contribution is -0.200. The van der Waals surface area contributed by atoms with Crippen molar-refractivity contribution in [3.8, 4) is 11.3 Å². The number of hydrogen-bond acceptors (Lipinski definition) is 7. The maximum absolute atomic E-state index is 14.3. The van der Waals surface area contributed by atoms with Gasteiger partial charge in [-0.05, 0) is 36.6 Å². The Bertz CT molecular complexity index is 1460. The van der Waals surface area contributed by atoms with E-state index in [9.17, 15) is 18.0 Å². The summed E-state index contributed by atoms with van der Waals surface area (Å²) in [6.45, 7) is -0.146. The summed E-state index contributed by atoms with van der Waals surface area (Å²) < 4.78 is 43.0. The van der Waals surface area contributed by atoms with Gasteiger partial charge in [-0.15, -0.1) is 0 Å². The molecule has 0 aliphatic carbocycles. The molecule has 1 amide bonds. The molecule has 3 unspecified atom stereocenters. The lowest BCUT2D eigenvalue weighted by Gasteiger charge is -2.44. The number of aromatic amines is 1. The van der Waals surface area contributed by atoms with E-state index in [0.29, 0.717) is 33.8 Å². The molecule has 3 atom stereocenters. The number of hydrogen-bond donors (Lipinski definition) is 4. The molecular weight excluding hydrogens is 497 g/mol. The number of nitrogens with two attached hydrogens (primary N) is 2. The van der Waals surface area contributed by atoms with E-state index in [0.717, 1.165) is 5.39 Å². The summed E-state index contributed by atoms with van der Waals surface area (Å²) in [5, 5.41) is 10.6. The fraction of sp³-hybridized carbons (Fsp3) is 0.308. The SMILES string of the molecule is CNc1nc(-c2ccc3c(N)n[nH]c3c2)cc(C(c2ccccc2)N2CC(C(N)=O)CCC2C(F)(F)F)n1. The zero-order valence-electron chi connectivity index (χ0n) is 20.5. The van der Waals surface area contributed by atoms with Crippen LogP contribution < -0.4 is 16.8 Å².